The number of rotatable bonds is 6. The topological polar surface area (TPSA) is 121 Å². The molecule has 39 heavy (non-hydrogen) atoms. The largest absolute Gasteiger partial charge is 0.368 e. The first kappa shape index (κ1) is 25.1. The molecule has 4 N–H and O–H groups in total. The van der Waals surface area contributed by atoms with Crippen LogP contribution in [0, 0.1) is 6.92 Å². The summed E-state index contributed by atoms with van der Waals surface area (Å²) in [6, 6.07) is 7.05. The molecule has 0 radical (unpaired) electrons. The van der Waals surface area contributed by atoms with E-state index in [-0.39, 0.29) is 11.6 Å². The summed E-state index contributed by atoms with van der Waals surface area (Å²) in [5.74, 6) is -0.322. The lowest BCUT2D eigenvalue weighted by atomic mass is 9.87. The van der Waals surface area contributed by atoms with Gasteiger partial charge in [0, 0.05) is 65.8 Å². The van der Waals surface area contributed by atoms with Crippen LogP contribution in [0.2, 0.25) is 0 Å². The number of aryl methyl sites for hydroxylation is 1. The zero-order valence-corrected chi connectivity index (χ0v) is 21.1. The molecule has 9 heteroatoms. The van der Waals surface area contributed by atoms with Gasteiger partial charge in [0.1, 0.15) is 11.5 Å². The SMILES string of the molecule is Cc1ccc(NC(=O)c2ccc(NC(=O)c3cnccn3)c(C3=CC=CNC=C3)c2C2=CC=CNC=C2)nc1. The minimum Gasteiger partial charge on any atom is -0.368 e. The number of anilines is 2. The molecular formula is C30H25N7O2. The summed E-state index contributed by atoms with van der Waals surface area (Å²) in [5, 5.41) is 12.0. The molecule has 0 bridgehead atoms. The Bertz CT molecular complexity index is 1580. The number of aromatic nitrogens is 3. The first-order chi connectivity index (χ1) is 19.1. The van der Waals surface area contributed by atoms with Crippen molar-refractivity contribution in [2.75, 3.05) is 10.6 Å². The van der Waals surface area contributed by atoms with Crippen molar-refractivity contribution in [3.05, 3.63) is 138 Å². The van der Waals surface area contributed by atoms with Gasteiger partial charge in [0.25, 0.3) is 11.8 Å². The number of benzene rings is 1. The quantitative estimate of drug-likeness (QED) is 0.375. The fraction of sp³-hybridized carbons (Fsp3) is 0.0333. The highest BCUT2D eigenvalue weighted by atomic mass is 16.2. The number of pyridine rings is 1. The normalized spacial score (nSPS) is 13.8. The van der Waals surface area contributed by atoms with Crippen LogP contribution in [0.5, 0.6) is 0 Å². The summed E-state index contributed by atoms with van der Waals surface area (Å²) in [6.07, 6.45) is 24.5. The molecule has 2 aliphatic rings. The summed E-state index contributed by atoms with van der Waals surface area (Å²) in [5.41, 5.74) is 4.91. The molecule has 9 nitrogen and oxygen atoms in total. The standard InChI is InChI=1S/C30H25N7O2/c1-20-6-9-26(35-18-20)37-29(38)23-7-8-24(36-30(39)25-19-33-16-17-34-25)28(22-5-3-13-32-15-11-22)27(23)21-4-2-12-31-14-10-21/h2-19,31-32H,1H3,(H,36,39)(H,35,37,38). The van der Waals surface area contributed by atoms with Gasteiger partial charge in [-0.2, -0.15) is 0 Å². The second kappa shape index (κ2) is 11.7. The number of hydrogen-bond acceptors (Lipinski definition) is 7. The summed E-state index contributed by atoms with van der Waals surface area (Å²) < 4.78 is 0. The van der Waals surface area contributed by atoms with E-state index in [0.29, 0.717) is 28.2 Å². The van der Waals surface area contributed by atoms with Gasteiger partial charge < -0.3 is 21.3 Å². The van der Waals surface area contributed by atoms with E-state index in [4.69, 9.17) is 0 Å². The van der Waals surface area contributed by atoms with Crippen molar-refractivity contribution in [2.24, 2.45) is 0 Å². The summed E-state index contributed by atoms with van der Waals surface area (Å²) >= 11 is 0. The summed E-state index contributed by atoms with van der Waals surface area (Å²) in [4.78, 5) is 39.3. The first-order valence-corrected chi connectivity index (χ1v) is 12.2. The maximum Gasteiger partial charge on any atom is 0.275 e. The van der Waals surface area contributed by atoms with Crippen LogP contribution in [-0.4, -0.2) is 26.8 Å². The van der Waals surface area contributed by atoms with E-state index in [9.17, 15) is 9.59 Å². The van der Waals surface area contributed by atoms with Gasteiger partial charge in [-0.15, -0.1) is 0 Å². The van der Waals surface area contributed by atoms with Crippen molar-refractivity contribution >= 4 is 34.5 Å². The maximum atomic E-state index is 13.7. The predicted octanol–water partition coefficient (Wildman–Crippen LogP) is 4.71. The van der Waals surface area contributed by atoms with E-state index in [1.54, 1.807) is 49.2 Å². The van der Waals surface area contributed by atoms with Gasteiger partial charge in [-0.3, -0.25) is 14.6 Å². The minimum atomic E-state index is -0.421. The van der Waals surface area contributed by atoms with Crippen LogP contribution in [0.15, 0.2) is 110 Å². The summed E-state index contributed by atoms with van der Waals surface area (Å²) in [7, 11) is 0. The molecule has 0 spiro atoms. The van der Waals surface area contributed by atoms with Crippen LogP contribution in [0.1, 0.15) is 37.5 Å². The Morgan fingerprint density at radius 1 is 0.744 bits per heavy atom. The Kier molecular flexibility index (Phi) is 7.50. The van der Waals surface area contributed by atoms with E-state index < -0.39 is 5.91 Å². The van der Waals surface area contributed by atoms with E-state index in [2.05, 4.69) is 36.2 Å². The first-order valence-electron chi connectivity index (χ1n) is 12.2. The molecule has 0 aliphatic carbocycles. The molecule has 0 atom stereocenters. The lowest BCUT2D eigenvalue weighted by molar-refractivity contribution is 0.101. The van der Waals surface area contributed by atoms with Crippen LogP contribution < -0.4 is 21.3 Å². The van der Waals surface area contributed by atoms with Crippen molar-refractivity contribution in [1.82, 2.24) is 25.6 Å². The Morgan fingerprint density at radius 3 is 2.15 bits per heavy atom. The number of allylic oxidation sites excluding steroid dienone is 8. The third-order valence-corrected chi connectivity index (χ3v) is 5.88. The molecule has 0 fully saturated rings. The number of nitrogens with one attached hydrogen (secondary N) is 4. The molecule has 5 rings (SSSR count). The number of hydrogen-bond donors (Lipinski definition) is 4. The molecule has 3 aromatic rings. The molecule has 0 unspecified atom stereocenters. The van der Waals surface area contributed by atoms with Crippen LogP contribution in [0.4, 0.5) is 11.5 Å². The van der Waals surface area contributed by atoms with Gasteiger partial charge in [0.15, 0.2) is 0 Å². The van der Waals surface area contributed by atoms with E-state index in [0.717, 1.165) is 16.7 Å². The van der Waals surface area contributed by atoms with Crippen molar-refractivity contribution < 1.29 is 9.59 Å². The van der Waals surface area contributed by atoms with Crippen LogP contribution in [0.3, 0.4) is 0 Å². The van der Waals surface area contributed by atoms with Crippen molar-refractivity contribution in [3.8, 4) is 0 Å². The van der Waals surface area contributed by atoms with Gasteiger partial charge in [-0.05, 0) is 66.1 Å². The van der Waals surface area contributed by atoms with E-state index in [1.807, 2.05) is 49.4 Å². The molecule has 2 amide bonds. The fourth-order valence-electron chi connectivity index (χ4n) is 4.07. The maximum absolute atomic E-state index is 13.7. The fourth-order valence-corrected chi connectivity index (χ4v) is 4.07. The van der Waals surface area contributed by atoms with E-state index in [1.165, 1.54) is 18.6 Å². The van der Waals surface area contributed by atoms with Gasteiger partial charge in [-0.1, -0.05) is 18.2 Å². The third kappa shape index (κ3) is 5.89. The molecular weight excluding hydrogens is 490 g/mol. The Hall–Kier alpha value is -5.57. The average Bonchev–Trinajstić information content (AvgIpc) is 3.40. The highest BCUT2D eigenvalue weighted by molar-refractivity contribution is 6.12. The molecule has 1 aromatic carbocycles. The second-order valence-electron chi connectivity index (χ2n) is 8.59. The zero-order valence-electron chi connectivity index (χ0n) is 21.1. The predicted molar refractivity (Wildman–Crippen MR) is 152 cm³/mol. The lowest BCUT2D eigenvalue weighted by Crippen LogP contribution is -2.19. The number of nitrogens with zero attached hydrogens (tertiary/aromatic N) is 3. The Morgan fingerprint density at radius 2 is 1.49 bits per heavy atom. The molecule has 2 aliphatic heterocycles. The average molecular weight is 516 g/mol. The lowest BCUT2D eigenvalue weighted by Gasteiger charge is -2.21. The van der Waals surface area contributed by atoms with Crippen LogP contribution in [-0.2, 0) is 0 Å². The van der Waals surface area contributed by atoms with Crippen molar-refractivity contribution in [2.45, 2.75) is 6.92 Å². The molecule has 0 saturated carbocycles. The summed E-state index contributed by atoms with van der Waals surface area (Å²) in [6.45, 7) is 1.93. The van der Waals surface area contributed by atoms with Crippen LogP contribution in [0.25, 0.3) is 11.1 Å². The van der Waals surface area contributed by atoms with Crippen molar-refractivity contribution in [1.29, 1.82) is 0 Å². The van der Waals surface area contributed by atoms with Crippen LogP contribution >= 0.6 is 0 Å². The highest BCUT2D eigenvalue weighted by Crippen LogP contribution is 2.37. The highest BCUT2D eigenvalue weighted by Gasteiger charge is 2.24. The Labute approximate surface area is 225 Å². The zero-order chi connectivity index (χ0) is 27.0. The van der Waals surface area contributed by atoms with Gasteiger partial charge in [0.2, 0.25) is 0 Å². The second-order valence-corrected chi connectivity index (χ2v) is 8.59. The van der Waals surface area contributed by atoms with Gasteiger partial charge >= 0.3 is 0 Å². The third-order valence-electron chi connectivity index (χ3n) is 5.88. The molecule has 4 heterocycles. The molecule has 192 valence electrons. The Balaban J connectivity index is 1.69. The number of carbonyl (C=O) groups is 2. The molecule has 0 saturated heterocycles. The van der Waals surface area contributed by atoms with Gasteiger partial charge in [0.05, 0.1) is 6.20 Å². The number of carbonyl (C=O) groups excluding carboxylic acids is 2. The molecule has 2 aromatic heterocycles. The van der Waals surface area contributed by atoms with Gasteiger partial charge in [-0.25, -0.2) is 9.97 Å². The number of amides is 2. The minimum absolute atomic E-state index is 0.171. The monoisotopic (exact) mass is 515 g/mol. The van der Waals surface area contributed by atoms with Crippen molar-refractivity contribution in [3.63, 3.8) is 0 Å². The smallest absolute Gasteiger partial charge is 0.275 e. The van der Waals surface area contributed by atoms with E-state index >= 15 is 0 Å².